The van der Waals surface area contributed by atoms with Gasteiger partial charge in [0.1, 0.15) is 40.9 Å². The molecule has 4 aromatic rings. The Morgan fingerprint density at radius 3 is 2.51 bits per heavy atom. The van der Waals surface area contributed by atoms with Crippen molar-refractivity contribution in [3.05, 3.63) is 60.6 Å². The minimum absolute atomic E-state index is 0.156. The summed E-state index contributed by atoms with van der Waals surface area (Å²) in [5.41, 5.74) is 2.31. The summed E-state index contributed by atoms with van der Waals surface area (Å²) in [5.74, 6) is 1.11. The molecule has 0 radical (unpaired) electrons. The highest BCUT2D eigenvalue weighted by Crippen LogP contribution is 2.24. The number of anilines is 2. The maximum Gasteiger partial charge on any atom is 0.257 e. The van der Waals surface area contributed by atoms with Crippen molar-refractivity contribution in [2.24, 2.45) is 7.05 Å². The monoisotopic (exact) mass is 464 g/mol. The van der Waals surface area contributed by atoms with Crippen LogP contribution in [0.25, 0.3) is 22.0 Å². The zero-order valence-electron chi connectivity index (χ0n) is 20.6. The first-order valence-electron chi connectivity index (χ1n) is 11.8. The van der Waals surface area contributed by atoms with E-state index >= 15 is 0 Å². The molecule has 0 aliphatic carbocycles. The highest BCUT2D eigenvalue weighted by atomic mass is 16.1. The first-order valence-corrected chi connectivity index (χ1v) is 11.8. The van der Waals surface area contributed by atoms with E-state index in [9.17, 15) is 4.79 Å². The molecule has 1 aromatic carbocycles. The lowest BCUT2D eigenvalue weighted by Crippen LogP contribution is -2.58. The van der Waals surface area contributed by atoms with Crippen molar-refractivity contribution in [2.75, 3.05) is 36.4 Å². The molecular formula is C23H27B3N8O. The lowest BCUT2D eigenvalue weighted by Gasteiger charge is -2.43. The molecule has 1 N–H and O–H groups in total. The number of hydrogen-bond acceptors (Lipinski definition) is 7. The van der Waals surface area contributed by atoms with Crippen LogP contribution >= 0.6 is 0 Å². The topological polar surface area (TPSA) is 92.1 Å². The Labute approximate surface area is 207 Å². The van der Waals surface area contributed by atoms with Crippen LogP contribution in [0, 0.1) is 0 Å². The van der Waals surface area contributed by atoms with E-state index in [1.54, 1.807) is 23.1 Å². The average Bonchev–Trinajstić information content (AvgIpc) is 3.29. The predicted octanol–water partition coefficient (Wildman–Crippen LogP) is -0.690. The SMILES string of the molecule is BC(B)(B)N1CCN(c2cc(C(=O)Nc3cc4cc(-c5cn(C)nn5)ccc4cn3)ccn2)CC1. The fourth-order valence-electron chi connectivity index (χ4n) is 4.38. The Balaban J connectivity index is 1.31. The van der Waals surface area contributed by atoms with Gasteiger partial charge in [0.05, 0.1) is 6.20 Å². The largest absolute Gasteiger partial charge is 0.354 e. The number of benzene rings is 1. The van der Waals surface area contributed by atoms with Gasteiger partial charge < -0.3 is 15.1 Å². The number of pyridine rings is 2. The highest BCUT2D eigenvalue weighted by Gasteiger charge is 2.26. The number of piperazine rings is 1. The maximum atomic E-state index is 13.0. The van der Waals surface area contributed by atoms with Crippen molar-refractivity contribution >= 4 is 51.9 Å². The molecule has 35 heavy (non-hydrogen) atoms. The molecule has 4 heterocycles. The van der Waals surface area contributed by atoms with Crippen LogP contribution in [0.1, 0.15) is 10.4 Å². The van der Waals surface area contributed by atoms with Crippen molar-refractivity contribution in [1.82, 2.24) is 29.9 Å². The third kappa shape index (κ3) is 5.07. The second-order valence-corrected chi connectivity index (χ2v) is 9.91. The summed E-state index contributed by atoms with van der Waals surface area (Å²) in [6.45, 7) is 3.71. The Hall–Kier alpha value is -3.66. The van der Waals surface area contributed by atoms with Gasteiger partial charge in [0.25, 0.3) is 5.91 Å². The molecule has 0 atom stereocenters. The van der Waals surface area contributed by atoms with E-state index in [1.807, 2.05) is 43.6 Å². The van der Waals surface area contributed by atoms with Crippen LogP contribution in [0.2, 0.25) is 0 Å². The van der Waals surface area contributed by atoms with Gasteiger partial charge in [-0.2, -0.15) is 0 Å². The second-order valence-electron chi connectivity index (χ2n) is 9.91. The van der Waals surface area contributed by atoms with Gasteiger partial charge in [-0.1, -0.05) is 22.6 Å². The highest BCUT2D eigenvalue weighted by molar-refractivity contribution is 6.59. The molecule has 0 spiro atoms. The number of aryl methyl sites for hydroxylation is 1. The molecule has 0 saturated carbocycles. The van der Waals surface area contributed by atoms with Crippen LogP contribution < -0.4 is 10.2 Å². The van der Waals surface area contributed by atoms with Crippen molar-refractivity contribution in [3.63, 3.8) is 0 Å². The van der Waals surface area contributed by atoms with Gasteiger partial charge in [0.15, 0.2) is 0 Å². The predicted molar refractivity (Wildman–Crippen MR) is 146 cm³/mol. The first-order chi connectivity index (χ1) is 16.8. The van der Waals surface area contributed by atoms with Gasteiger partial charge >= 0.3 is 0 Å². The summed E-state index contributed by atoms with van der Waals surface area (Å²) >= 11 is 0. The maximum absolute atomic E-state index is 13.0. The Bertz CT molecular complexity index is 1380. The molecular weight excluding hydrogens is 437 g/mol. The third-order valence-electron chi connectivity index (χ3n) is 6.42. The molecule has 0 bridgehead atoms. The van der Waals surface area contributed by atoms with Crippen LogP contribution in [0.4, 0.5) is 11.6 Å². The number of nitrogens with one attached hydrogen (secondary N) is 1. The Kier molecular flexibility index (Phi) is 6.06. The lowest BCUT2D eigenvalue weighted by molar-refractivity contribution is 0.102. The van der Waals surface area contributed by atoms with Crippen LogP contribution in [0.5, 0.6) is 0 Å². The molecule has 9 nitrogen and oxygen atoms in total. The molecule has 1 fully saturated rings. The number of rotatable bonds is 5. The summed E-state index contributed by atoms with van der Waals surface area (Å²) in [6.07, 6.45) is 5.33. The molecule has 12 heteroatoms. The lowest BCUT2D eigenvalue weighted by atomic mass is 9.48. The van der Waals surface area contributed by atoms with E-state index in [1.165, 1.54) is 0 Å². The quantitative estimate of drug-likeness (QED) is 0.392. The van der Waals surface area contributed by atoms with Crippen LogP contribution in [-0.2, 0) is 7.05 Å². The van der Waals surface area contributed by atoms with Crippen molar-refractivity contribution in [1.29, 1.82) is 0 Å². The van der Waals surface area contributed by atoms with Crippen LogP contribution in [0.15, 0.2) is 55.0 Å². The van der Waals surface area contributed by atoms with Crippen LogP contribution in [0.3, 0.4) is 0 Å². The molecule has 1 amide bonds. The normalized spacial score (nSPS) is 14.8. The Morgan fingerprint density at radius 1 is 1.00 bits per heavy atom. The van der Waals surface area contributed by atoms with Gasteiger partial charge in [-0.3, -0.25) is 9.48 Å². The zero-order valence-corrected chi connectivity index (χ0v) is 20.6. The van der Waals surface area contributed by atoms with Crippen LogP contribution in [-0.4, -0.2) is 90.7 Å². The summed E-state index contributed by atoms with van der Waals surface area (Å²) in [6, 6.07) is 11.5. The molecule has 1 aliphatic rings. The van der Waals surface area contributed by atoms with E-state index in [-0.39, 0.29) is 11.1 Å². The van der Waals surface area contributed by atoms with Crippen molar-refractivity contribution in [3.8, 4) is 11.3 Å². The summed E-state index contributed by atoms with van der Waals surface area (Å²) in [4.78, 5) is 26.7. The van der Waals surface area contributed by atoms with Gasteiger partial charge in [-0.25, -0.2) is 9.97 Å². The molecule has 174 valence electrons. The van der Waals surface area contributed by atoms with E-state index in [2.05, 4.69) is 58.9 Å². The van der Waals surface area contributed by atoms with E-state index in [0.29, 0.717) is 11.4 Å². The molecule has 1 saturated heterocycles. The van der Waals surface area contributed by atoms with Gasteiger partial charge in [-0.05, 0) is 29.7 Å². The fourth-order valence-corrected chi connectivity index (χ4v) is 4.38. The average molecular weight is 464 g/mol. The summed E-state index contributed by atoms with van der Waals surface area (Å²) in [7, 11) is 8.56. The zero-order chi connectivity index (χ0) is 24.6. The summed E-state index contributed by atoms with van der Waals surface area (Å²) in [5, 5.41) is 13.2. The second kappa shape index (κ2) is 9.18. The minimum Gasteiger partial charge on any atom is -0.354 e. The first kappa shape index (κ1) is 23.1. The standard InChI is InChI=1S/C23H27B3N8O/c1-32-14-19(30-31-32)15-2-3-17-13-28-20(11-18(17)10-15)29-22(35)16-4-5-27-21(12-16)33-6-8-34(9-7-33)23(24,25)26/h2-5,10-14H,6-9,24-26H2,1H3,(H,28,29,35). The van der Waals surface area contributed by atoms with Crippen molar-refractivity contribution in [2.45, 2.75) is 5.24 Å². The molecule has 5 rings (SSSR count). The van der Waals surface area contributed by atoms with E-state index < -0.39 is 0 Å². The number of carbonyl (C=O) groups is 1. The fraction of sp³-hybridized carbons (Fsp3) is 0.261. The van der Waals surface area contributed by atoms with Gasteiger partial charge in [0.2, 0.25) is 0 Å². The smallest absolute Gasteiger partial charge is 0.257 e. The van der Waals surface area contributed by atoms with E-state index in [4.69, 9.17) is 0 Å². The van der Waals surface area contributed by atoms with Gasteiger partial charge in [0, 0.05) is 62.1 Å². The summed E-state index contributed by atoms with van der Waals surface area (Å²) < 4.78 is 1.67. The number of amides is 1. The van der Waals surface area contributed by atoms with E-state index in [0.717, 1.165) is 54.0 Å². The van der Waals surface area contributed by atoms with Gasteiger partial charge in [-0.15, -0.1) is 5.10 Å². The number of nitrogens with zero attached hydrogens (tertiary/aromatic N) is 7. The number of fused-ring (bicyclic) bond motifs is 1. The third-order valence-corrected chi connectivity index (χ3v) is 6.42. The number of aromatic nitrogens is 5. The molecule has 0 unspecified atom stereocenters. The Morgan fingerprint density at radius 2 is 1.80 bits per heavy atom. The molecule has 1 aliphatic heterocycles. The number of hydrogen-bond donors (Lipinski definition) is 1. The van der Waals surface area contributed by atoms with Crippen molar-refractivity contribution < 1.29 is 4.79 Å². The minimum atomic E-state index is -0.209. The number of carbonyl (C=O) groups excluding carboxylic acids is 1. The molecule has 3 aromatic heterocycles.